The highest BCUT2D eigenvalue weighted by Gasteiger charge is 2.20. The fraction of sp³-hybridized carbons (Fsp3) is 0.727. The first kappa shape index (κ1) is 16.6. The van der Waals surface area contributed by atoms with Crippen molar-refractivity contribution in [3.63, 3.8) is 0 Å². The van der Waals surface area contributed by atoms with Gasteiger partial charge in [-0.15, -0.1) is 0 Å². The minimum absolute atomic E-state index is 0.286. The minimum atomic E-state index is -3.38. The van der Waals surface area contributed by atoms with Crippen molar-refractivity contribution < 1.29 is 13.2 Å². The van der Waals surface area contributed by atoms with Crippen LogP contribution in [0.2, 0.25) is 0 Å². The van der Waals surface area contributed by atoms with Crippen LogP contribution >= 0.6 is 0 Å². The topological polar surface area (TPSA) is 106 Å². The molecule has 1 heterocycles. The van der Waals surface area contributed by atoms with Crippen LogP contribution in [0.5, 0.6) is 0 Å². The van der Waals surface area contributed by atoms with Gasteiger partial charge >= 0.3 is 0 Å². The number of nitrogens with one attached hydrogen (secondary N) is 2. The summed E-state index contributed by atoms with van der Waals surface area (Å²) in [7, 11) is -1.64. The number of hydrogen-bond donors (Lipinski definition) is 2. The second-order valence-electron chi connectivity index (χ2n) is 5.08. The van der Waals surface area contributed by atoms with E-state index in [0.717, 1.165) is 6.26 Å². The van der Waals surface area contributed by atoms with Gasteiger partial charge in [0, 0.05) is 7.05 Å². The second kappa shape index (κ2) is 6.80. The monoisotopic (exact) mass is 303 g/mol. The molecule has 1 atom stereocenters. The Labute approximate surface area is 119 Å². The zero-order valence-corrected chi connectivity index (χ0v) is 12.9. The lowest BCUT2D eigenvalue weighted by molar-refractivity contribution is -0.120. The van der Waals surface area contributed by atoms with Crippen LogP contribution in [-0.2, 0) is 21.9 Å². The van der Waals surface area contributed by atoms with Crippen LogP contribution in [0.4, 0.5) is 0 Å². The van der Waals surface area contributed by atoms with Crippen molar-refractivity contribution in [1.29, 1.82) is 0 Å². The molecule has 0 aromatic carbocycles. The standard InChI is InChI=1S/C11H21N5O3S/c1-8(2)5-9(11-12-7-13-16(11)3)15-10(17)6-14-20(4,18)19/h7-9,14H,5-6H2,1-4H3,(H,15,17)/t9-/m1/s1. The number of hydrogen-bond acceptors (Lipinski definition) is 5. The van der Waals surface area contributed by atoms with Crippen LogP contribution in [0.25, 0.3) is 0 Å². The Kier molecular flexibility index (Phi) is 5.63. The number of sulfonamides is 1. The SMILES string of the molecule is CC(C)C[C@@H](NC(=O)CNS(C)(=O)=O)c1ncnn1C. The van der Waals surface area contributed by atoms with Gasteiger partial charge in [-0.25, -0.2) is 18.1 Å². The first-order chi connectivity index (χ1) is 9.19. The van der Waals surface area contributed by atoms with Crippen molar-refractivity contribution >= 4 is 15.9 Å². The lowest BCUT2D eigenvalue weighted by atomic mass is 10.0. The lowest BCUT2D eigenvalue weighted by Crippen LogP contribution is -2.39. The van der Waals surface area contributed by atoms with Crippen LogP contribution in [0.3, 0.4) is 0 Å². The molecule has 9 heteroatoms. The summed E-state index contributed by atoms with van der Waals surface area (Å²) in [4.78, 5) is 15.9. The quantitative estimate of drug-likeness (QED) is 0.711. The predicted molar refractivity (Wildman–Crippen MR) is 74.2 cm³/mol. The van der Waals surface area contributed by atoms with Gasteiger partial charge in [-0.2, -0.15) is 5.10 Å². The molecule has 0 fully saturated rings. The average Bonchev–Trinajstić information content (AvgIpc) is 2.70. The molecule has 1 rings (SSSR count). The zero-order valence-electron chi connectivity index (χ0n) is 12.1. The Morgan fingerprint density at radius 1 is 1.45 bits per heavy atom. The summed E-state index contributed by atoms with van der Waals surface area (Å²) in [5.41, 5.74) is 0. The molecule has 0 unspecified atom stereocenters. The molecule has 0 radical (unpaired) electrons. The molecule has 0 aliphatic rings. The number of amides is 1. The first-order valence-corrected chi connectivity index (χ1v) is 8.16. The summed E-state index contributed by atoms with van der Waals surface area (Å²) >= 11 is 0. The van der Waals surface area contributed by atoms with E-state index in [-0.39, 0.29) is 12.6 Å². The maximum atomic E-state index is 11.8. The maximum absolute atomic E-state index is 11.8. The van der Waals surface area contributed by atoms with Gasteiger partial charge in [0.1, 0.15) is 12.2 Å². The Morgan fingerprint density at radius 3 is 2.55 bits per heavy atom. The van der Waals surface area contributed by atoms with Gasteiger partial charge in [0.15, 0.2) is 0 Å². The fourth-order valence-corrected chi connectivity index (χ4v) is 2.16. The minimum Gasteiger partial charge on any atom is -0.345 e. The molecule has 114 valence electrons. The number of aromatic nitrogens is 3. The molecule has 0 aliphatic carbocycles. The van der Waals surface area contributed by atoms with Crippen molar-refractivity contribution in [2.45, 2.75) is 26.3 Å². The molecule has 0 saturated carbocycles. The van der Waals surface area contributed by atoms with Crippen LogP contribution in [-0.4, -0.2) is 41.9 Å². The smallest absolute Gasteiger partial charge is 0.235 e. The number of rotatable bonds is 7. The first-order valence-electron chi connectivity index (χ1n) is 6.27. The van der Waals surface area contributed by atoms with Crippen molar-refractivity contribution in [3.8, 4) is 0 Å². The molecule has 2 N–H and O–H groups in total. The average molecular weight is 303 g/mol. The van der Waals surface area contributed by atoms with Crippen LogP contribution in [0, 0.1) is 5.92 Å². The van der Waals surface area contributed by atoms with Crippen molar-refractivity contribution in [2.75, 3.05) is 12.8 Å². The van der Waals surface area contributed by atoms with Crippen LogP contribution in [0.1, 0.15) is 32.1 Å². The number of aryl methyl sites for hydroxylation is 1. The Morgan fingerprint density at radius 2 is 2.10 bits per heavy atom. The summed E-state index contributed by atoms with van der Waals surface area (Å²) in [5.74, 6) is 0.593. The van der Waals surface area contributed by atoms with Gasteiger partial charge in [-0.3, -0.25) is 9.48 Å². The summed E-state index contributed by atoms with van der Waals surface area (Å²) in [6.07, 6.45) is 3.12. The molecule has 1 aromatic rings. The van der Waals surface area contributed by atoms with E-state index in [2.05, 4.69) is 20.1 Å². The third-order valence-corrected chi connectivity index (χ3v) is 3.26. The lowest BCUT2D eigenvalue weighted by Gasteiger charge is -2.19. The molecule has 1 amide bonds. The van der Waals surface area contributed by atoms with E-state index in [1.54, 1.807) is 11.7 Å². The Balaban J connectivity index is 2.71. The Hall–Kier alpha value is -1.48. The molecule has 20 heavy (non-hydrogen) atoms. The van der Waals surface area contributed by atoms with Crippen molar-refractivity contribution in [1.82, 2.24) is 24.8 Å². The van der Waals surface area contributed by atoms with E-state index in [1.165, 1.54) is 6.33 Å². The number of carbonyl (C=O) groups is 1. The zero-order chi connectivity index (χ0) is 15.3. The van der Waals surface area contributed by atoms with Gasteiger partial charge in [0.25, 0.3) is 0 Å². The molecule has 0 bridgehead atoms. The highest BCUT2D eigenvalue weighted by atomic mass is 32.2. The van der Waals surface area contributed by atoms with E-state index in [0.29, 0.717) is 18.2 Å². The van der Waals surface area contributed by atoms with Gasteiger partial charge in [-0.05, 0) is 12.3 Å². The van der Waals surface area contributed by atoms with Crippen molar-refractivity contribution in [2.24, 2.45) is 13.0 Å². The molecule has 0 saturated heterocycles. The fourth-order valence-electron chi connectivity index (χ4n) is 1.76. The summed E-state index contributed by atoms with van der Waals surface area (Å²) in [6.45, 7) is 3.78. The van der Waals surface area contributed by atoms with E-state index < -0.39 is 15.9 Å². The largest absolute Gasteiger partial charge is 0.345 e. The number of nitrogens with zero attached hydrogens (tertiary/aromatic N) is 3. The molecule has 0 aliphatic heterocycles. The molecular formula is C11H21N5O3S. The van der Waals surface area contributed by atoms with Gasteiger partial charge in [0.05, 0.1) is 18.8 Å². The maximum Gasteiger partial charge on any atom is 0.235 e. The summed E-state index contributed by atoms with van der Waals surface area (Å²) < 4.78 is 25.7. The Bertz CT molecular complexity index is 552. The highest BCUT2D eigenvalue weighted by Crippen LogP contribution is 2.18. The highest BCUT2D eigenvalue weighted by molar-refractivity contribution is 7.88. The van der Waals surface area contributed by atoms with Gasteiger partial charge in [-0.1, -0.05) is 13.8 Å². The van der Waals surface area contributed by atoms with E-state index in [4.69, 9.17) is 0 Å². The van der Waals surface area contributed by atoms with E-state index >= 15 is 0 Å². The second-order valence-corrected chi connectivity index (χ2v) is 6.92. The predicted octanol–water partition coefficient (Wildman–Crippen LogP) is -0.432. The normalized spacial score (nSPS) is 13.4. The van der Waals surface area contributed by atoms with Gasteiger partial charge in [0.2, 0.25) is 15.9 Å². The van der Waals surface area contributed by atoms with Crippen LogP contribution in [0.15, 0.2) is 6.33 Å². The molecular weight excluding hydrogens is 282 g/mol. The third-order valence-electron chi connectivity index (χ3n) is 2.60. The van der Waals surface area contributed by atoms with Crippen LogP contribution < -0.4 is 10.0 Å². The number of carbonyl (C=O) groups excluding carboxylic acids is 1. The van der Waals surface area contributed by atoms with Gasteiger partial charge < -0.3 is 5.32 Å². The third kappa shape index (κ3) is 5.66. The summed E-state index contributed by atoms with van der Waals surface area (Å²) in [6, 6.07) is -0.295. The molecule has 8 nitrogen and oxygen atoms in total. The molecule has 1 aromatic heterocycles. The molecule has 0 spiro atoms. The summed E-state index contributed by atoms with van der Waals surface area (Å²) in [5, 5.41) is 6.76. The van der Waals surface area contributed by atoms with E-state index in [9.17, 15) is 13.2 Å². The van der Waals surface area contributed by atoms with E-state index in [1.807, 2.05) is 13.8 Å². The van der Waals surface area contributed by atoms with Crippen molar-refractivity contribution in [3.05, 3.63) is 12.2 Å².